The molecule has 0 aliphatic carbocycles. The Morgan fingerprint density at radius 3 is 2.66 bits per heavy atom. The summed E-state index contributed by atoms with van der Waals surface area (Å²) in [5.41, 5.74) is 7.28. The highest BCUT2D eigenvalue weighted by Crippen LogP contribution is 2.25. The summed E-state index contributed by atoms with van der Waals surface area (Å²) in [5.74, 6) is -1.04. The Labute approximate surface area is 210 Å². The topological polar surface area (TPSA) is 130 Å². The number of nitrogens with one attached hydrogen (secondary N) is 1. The van der Waals surface area contributed by atoms with E-state index < -0.39 is 5.97 Å². The molecule has 35 heavy (non-hydrogen) atoms. The lowest BCUT2D eigenvalue weighted by atomic mass is 10.0. The molecule has 0 spiro atoms. The highest BCUT2D eigenvalue weighted by molar-refractivity contribution is 6.33. The molecule has 0 bridgehead atoms. The molecule has 0 unspecified atom stereocenters. The van der Waals surface area contributed by atoms with Gasteiger partial charge in [-0.05, 0) is 37.2 Å². The zero-order chi connectivity index (χ0) is 25.5. The standard InChI is InChI=1S/C24H32ClN5O5/c1-29(13-15-4-6-16(7-5-15)24(32)33)10-11-30-9-8-19(20(14-30)34-2)27-22(31)17-12-18(25)21(26)28-23(17)35-3/h4-7,12,19-20H,8-11,13-14H2,1-3H3,(H2,26,28)(H,27,31)(H,32,33)/t19-,20+/m0/s1. The van der Waals surface area contributed by atoms with E-state index in [2.05, 4.69) is 20.1 Å². The molecule has 2 heterocycles. The molecule has 1 saturated heterocycles. The summed E-state index contributed by atoms with van der Waals surface area (Å²) >= 11 is 6.05. The summed E-state index contributed by atoms with van der Waals surface area (Å²) in [7, 11) is 5.10. The molecule has 1 fully saturated rings. The number of benzene rings is 1. The van der Waals surface area contributed by atoms with Crippen molar-refractivity contribution in [2.75, 3.05) is 53.2 Å². The predicted molar refractivity (Wildman–Crippen MR) is 133 cm³/mol. The van der Waals surface area contributed by atoms with Crippen LogP contribution in [0.3, 0.4) is 0 Å². The van der Waals surface area contributed by atoms with Gasteiger partial charge >= 0.3 is 5.97 Å². The number of carbonyl (C=O) groups excluding carboxylic acids is 1. The molecule has 1 amide bonds. The third-order valence-electron chi connectivity index (χ3n) is 6.12. The minimum absolute atomic E-state index is 0.102. The van der Waals surface area contributed by atoms with Crippen molar-refractivity contribution in [2.24, 2.45) is 0 Å². The van der Waals surface area contributed by atoms with Gasteiger partial charge in [-0.15, -0.1) is 0 Å². The van der Waals surface area contributed by atoms with E-state index in [-0.39, 0.29) is 45.9 Å². The zero-order valence-electron chi connectivity index (χ0n) is 20.2. The van der Waals surface area contributed by atoms with Gasteiger partial charge in [-0.1, -0.05) is 23.7 Å². The van der Waals surface area contributed by atoms with Crippen molar-refractivity contribution in [3.05, 3.63) is 52.0 Å². The van der Waals surface area contributed by atoms with Crippen LogP contribution in [0, 0.1) is 0 Å². The molecule has 1 aliphatic heterocycles. The number of carboxylic acids is 1. The van der Waals surface area contributed by atoms with E-state index >= 15 is 0 Å². The Balaban J connectivity index is 1.51. The molecule has 1 aliphatic rings. The molecule has 1 aromatic heterocycles. The lowest BCUT2D eigenvalue weighted by molar-refractivity contribution is 0.00439. The van der Waals surface area contributed by atoms with Crippen LogP contribution in [-0.4, -0.2) is 91.4 Å². The zero-order valence-corrected chi connectivity index (χ0v) is 20.9. The van der Waals surface area contributed by atoms with E-state index in [0.29, 0.717) is 6.54 Å². The van der Waals surface area contributed by atoms with Crippen LogP contribution in [0.2, 0.25) is 5.02 Å². The minimum atomic E-state index is -0.926. The molecule has 0 radical (unpaired) electrons. The number of hydrogen-bond acceptors (Lipinski definition) is 8. The minimum Gasteiger partial charge on any atom is -0.480 e. The van der Waals surface area contributed by atoms with Crippen LogP contribution < -0.4 is 15.8 Å². The Hall–Kier alpha value is -2.92. The van der Waals surface area contributed by atoms with Crippen LogP contribution in [0.15, 0.2) is 30.3 Å². The first kappa shape index (κ1) is 26.7. The number of nitrogen functional groups attached to an aromatic ring is 1. The number of aromatic nitrogens is 1. The Morgan fingerprint density at radius 1 is 1.31 bits per heavy atom. The number of carboxylic acid groups (broad SMARTS) is 1. The number of likely N-dealkylation sites (N-methyl/N-ethyl adjacent to an activating group) is 1. The number of rotatable bonds is 10. The molecular formula is C24H32ClN5O5. The molecule has 11 heteroatoms. The number of anilines is 1. The lowest BCUT2D eigenvalue weighted by Crippen LogP contribution is -2.55. The van der Waals surface area contributed by atoms with Gasteiger partial charge in [0, 0.05) is 39.8 Å². The fraction of sp³-hybridized carbons (Fsp3) is 0.458. The van der Waals surface area contributed by atoms with Crippen LogP contribution in [0.5, 0.6) is 5.88 Å². The maximum Gasteiger partial charge on any atom is 0.335 e. The Bertz CT molecular complexity index is 1040. The molecule has 0 saturated carbocycles. The number of likely N-dealkylation sites (tertiary alicyclic amines) is 1. The summed E-state index contributed by atoms with van der Waals surface area (Å²) in [6.45, 7) is 3.89. The van der Waals surface area contributed by atoms with Gasteiger partial charge in [0.05, 0.1) is 29.8 Å². The largest absolute Gasteiger partial charge is 0.480 e. The maximum atomic E-state index is 12.9. The first-order chi connectivity index (χ1) is 16.7. The van der Waals surface area contributed by atoms with E-state index in [1.54, 1.807) is 19.2 Å². The van der Waals surface area contributed by atoms with Crippen molar-refractivity contribution in [1.29, 1.82) is 0 Å². The third kappa shape index (κ3) is 7.04. The second-order valence-corrected chi connectivity index (χ2v) is 9.00. The number of hydrogen-bond donors (Lipinski definition) is 3. The highest BCUT2D eigenvalue weighted by atomic mass is 35.5. The summed E-state index contributed by atoms with van der Waals surface area (Å²) in [6.07, 6.45) is 0.549. The van der Waals surface area contributed by atoms with Crippen molar-refractivity contribution in [1.82, 2.24) is 20.1 Å². The lowest BCUT2D eigenvalue weighted by Gasteiger charge is -2.38. The Kier molecular flexibility index (Phi) is 9.27. The van der Waals surface area contributed by atoms with Gasteiger partial charge in [0.25, 0.3) is 5.91 Å². The van der Waals surface area contributed by atoms with Crippen molar-refractivity contribution < 1.29 is 24.2 Å². The van der Waals surface area contributed by atoms with Gasteiger partial charge in [-0.3, -0.25) is 9.69 Å². The first-order valence-electron chi connectivity index (χ1n) is 11.3. The van der Waals surface area contributed by atoms with Crippen LogP contribution >= 0.6 is 11.6 Å². The van der Waals surface area contributed by atoms with Crippen LogP contribution in [0.1, 0.15) is 32.7 Å². The molecule has 1 aromatic carbocycles. The molecule has 3 rings (SSSR count). The number of halogens is 1. The smallest absolute Gasteiger partial charge is 0.335 e. The number of carbonyl (C=O) groups is 2. The average Bonchev–Trinajstić information content (AvgIpc) is 2.84. The van der Waals surface area contributed by atoms with E-state index in [0.717, 1.165) is 38.2 Å². The Morgan fingerprint density at radius 2 is 2.03 bits per heavy atom. The fourth-order valence-electron chi connectivity index (χ4n) is 4.09. The second-order valence-electron chi connectivity index (χ2n) is 8.60. The average molecular weight is 506 g/mol. The number of pyridine rings is 1. The fourth-order valence-corrected chi connectivity index (χ4v) is 4.24. The van der Waals surface area contributed by atoms with Crippen LogP contribution in [-0.2, 0) is 11.3 Å². The third-order valence-corrected chi connectivity index (χ3v) is 6.42. The van der Waals surface area contributed by atoms with Crippen molar-refractivity contribution in [3.63, 3.8) is 0 Å². The van der Waals surface area contributed by atoms with E-state index in [1.165, 1.54) is 13.2 Å². The quantitative estimate of drug-likeness (QED) is 0.443. The number of nitrogens with zero attached hydrogens (tertiary/aromatic N) is 3. The first-order valence-corrected chi connectivity index (χ1v) is 11.7. The van der Waals surface area contributed by atoms with Crippen LogP contribution in [0.4, 0.5) is 5.82 Å². The molecule has 4 N–H and O–H groups in total. The molecule has 190 valence electrons. The molecule has 2 aromatic rings. The molecule has 2 atom stereocenters. The van der Waals surface area contributed by atoms with Crippen molar-refractivity contribution in [2.45, 2.75) is 25.1 Å². The number of amides is 1. The van der Waals surface area contributed by atoms with Gasteiger partial charge in [-0.2, -0.15) is 4.98 Å². The predicted octanol–water partition coefficient (Wildman–Crippen LogP) is 1.98. The van der Waals surface area contributed by atoms with Gasteiger partial charge in [-0.25, -0.2) is 4.79 Å². The van der Waals surface area contributed by atoms with E-state index in [1.807, 2.05) is 19.2 Å². The number of ether oxygens (including phenoxy) is 2. The number of aromatic carboxylic acids is 1. The number of methoxy groups -OCH3 is 2. The van der Waals surface area contributed by atoms with Gasteiger partial charge in [0.15, 0.2) is 0 Å². The van der Waals surface area contributed by atoms with Crippen molar-refractivity contribution >= 4 is 29.3 Å². The monoisotopic (exact) mass is 505 g/mol. The van der Waals surface area contributed by atoms with Crippen LogP contribution in [0.25, 0.3) is 0 Å². The van der Waals surface area contributed by atoms with E-state index in [9.17, 15) is 9.59 Å². The van der Waals surface area contributed by atoms with E-state index in [4.69, 9.17) is 31.9 Å². The SMILES string of the molecule is COc1nc(N)c(Cl)cc1C(=O)N[C@H]1CCN(CCN(C)Cc2ccc(C(=O)O)cc2)C[C@H]1OC. The van der Waals surface area contributed by atoms with Gasteiger partial charge < -0.3 is 30.5 Å². The molecular weight excluding hydrogens is 474 g/mol. The second kappa shape index (κ2) is 12.2. The molecule has 10 nitrogen and oxygen atoms in total. The summed E-state index contributed by atoms with van der Waals surface area (Å²) in [6, 6.07) is 8.22. The van der Waals surface area contributed by atoms with Gasteiger partial charge in [0.1, 0.15) is 11.4 Å². The highest BCUT2D eigenvalue weighted by Gasteiger charge is 2.31. The number of piperidine rings is 1. The van der Waals surface area contributed by atoms with Gasteiger partial charge in [0.2, 0.25) is 5.88 Å². The number of nitrogens with two attached hydrogens (primary N) is 1. The summed E-state index contributed by atoms with van der Waals surface area (Å²) < 4.78 is 10.9. The maximum absolute atomic E-state index is 12.9. The normalized spacial score (nSPS) is 18.4. The summed E-state index contributed by atoms with van der Waals surface area (Å²) in [4.78, 5) is 32.4. The summed E-state index contributed by atoms with van der Waals surface area (Å²) in [5, 5.41) is 12.2. The van der Waals surface area contributed by atoms with Crippen molar-refractivity contribution in [3.8, 4) is 5.88 Å².